The van der Waals surface area contributed by atoms with Crippen molar-refractivity contribution in [2.24, 2.45) is 5.92 Å². The summed E-state index contributed by atoms with van der Waals surface area (Å²) in [5.74, 6) is 0.461. The van der Waals surface area contributed by atoms with Gasteiger partial charge in [-0.2, -0.15) is 0 Å². The van der Waals surface area contributed by atoms with E-state index in [4.69, 9.17) is 0 Å². The zero-order valence-electron chi connectivity index (χ0n) is 14.0. The van der Waals surface area contributed by atoms with Crippen molar-refractivity contribution < 1.29 is 4.79 Å². The van der Waals surface area contributed by atoms with Crippen LogP contribution in [0.4, 0.5) is 0 Å². The van der Waals surface area contributed by atoms with Crippen LogP contribution < -0.4 is 5.32 Å². The molecule has 1 aliphatic heterocycles. The first-order valence-electron chi connectivity index (χ1n) is 8.38. The van der Waals surface area contributed by atoms with Crippen LogP contribution in [-0.4, -0.2) is 67.0 Å². The molecule has 124 valence electrons. The summed E-state index contributed by atoms with van der Waals surface area (Å²) >= 11 is 0. The molecule has 1 aromatic carbocycles. The number of amides is 1. The monoisotopic (exact) mass is 314 g/mol. The van der Waals surface area contributed by atoms with Crippen LogP contribution in [0.2, 0.25) is 0 Å². The predicted molar refractivity (Wildman–Crippen MR) is 93.7 cm³/mol. The predicted octanol–water partition coefficient (Wildman–Crippen LogP) is 1.78. The minimum absolute atomic E-state index is 0.00623. The second-order valence-corrected chi connectivity index (χ2v) is 6.70. The van der Waals surface area contributed by atoms with Gasteiger partial charge in [-0.25, -0.2) is 0 Å². The minimum atomic E-state index is 0.00623. The molecule has 0 spiro atoms. The van der Waals surface area contributed by atoms with E-state index in [0.717, 1.165) is 43.6 Å². The van der Waals surface area contributed by atoms with Gasteiger partial charge in [-0.1, -0.05) is 13.0 Å². The summed E-state index contributed by atoms with van der Waals surface area (Å²) in [6, 6.07) is 7.79. The van der Waals surface area contributed by atoms with Gasteiger partial charge in [-0.05, 0) is 36.6 Å². The number of aromatic amines is 1. The first-order valence-corrected chi connectivity index (χ1v) is 8.38. The highest BCUT2D eigenvalue weighted by atomic mass is 16.1. The van der Waals surface area contributed by atoms with Crippen LogP contribution >= 0.6 is 0 Å². The van der Waals surface area contributed by atoms with Crippen LogP contribution in [0.25, 0.3) is 10.9 Å². The molecule has 1 aliphatic rings. The molecule has 0 aliphatic carbocycles. The number of carbonyl (C=O) groups is 1. The Morgan fingerprint density at radius 2 is 2.04 bits per heavy atom. The SMILES string of the molecule is C[C@@H](CNC(=O)c1ccc2cc[nH]c2c1)CN1CCN(C)CC1. The molecule has 2 N–H and O–H groups in total. The number of nitrogens with one attached hydrogen (secondary N) is 2. The Morgan fingerprint density at radius 1 is 1.26 bits per heavy atom. The first kappa shape index (κ1) is 16.0. The number of nitrogens with zero attached hydrogens (tertiary/aromatic N) is 2. The molecular weight excluding hydrogens is 288 g/mol. The minimum Gasteiger partial charge on any atom is -0.361 e. The van der Waals surface area contributed by atoms with Gasteiger partial charge in [0.05, 0.1) is 0 Å². The Bertz CT molecular complexity index is 658. The Kier molecular flexibility index (Phi) is 4.98. The average molecular weight is 314 g/mol. The molecule has 1 amide bonds. The molecule has 3 rings (SSSR count). The molecule has 2 heterocycles. The Balaban J connectivity index is 1.48. The maximum atomic E-state index is 12.3. The molecule has 0 radical (unpaired) electrons. The summed E-state index contributed by atoms with van der Waals surface area (Å²) in [7, 11) is 2.17. The molecule has 23 heavy (non-hydrogen) atoms. The fraction of sp³-hybridized carbons (Fsp3) is 0.500. The number of H-pyrrole nitrogens is 1. The normalized spacial score (nSPS) is 18.2. The highest BCUT2D eigenvalue weighted by Crippen LogP contribution is 2.14. The van der Waals surface area contributed by atoms with Crippen molar-refractivity contribution in [2.45, 2.75) is 6.92 Å². The molecule has 0 saturated carbocycles. The number of aromatic nitrogens is 1. The quantitative estimate of drug-likeness (QED) is 0.884. The molecule has 1 aromatic heterocycles. The summed E-state index contributed by atoms with van der Waals surface area (Å²) in [6.07, 6.45) is 1.89. The molecule has 5 heteroatoms. The third-order valence-corrected chi connectivity index (χ3v) is 4.59. The number of rotatable bonds is 5. The van der Waals surface area contributed by atoms with E-state index in [1.807, 2.05) is 30.5 Å². The second kappa shape index (κ2) is 7.15. The van der Waals surface area contributed by atoms with Crippen molar-refractivity contribution in [3.63, 3.8) is 0 Å². The van der Waals surface area contributed by atoms with Gasteiger partial charge in [0.15, 0.2) is 0 Å². The average Bonchev–Trinajstić information content (AvgIpc) is 3.02. The van der Waals surface area contributed by atoms with Crippen molar-refractivity contribution in [2.75, 3.05) is 46.3 Å². The number of piperazine rings is 1. The van der Waals surface area contributed by atoms with Crippen LogP contribution in [0.1, 0.15) is 17.3 Å². The summed E-state index contributed by atoms with van der Waals surface area (Å²) in [4.78, 5) is 20.3. The number of hydrogen-bond donors (Lipinski definition) is 2. The van der Waals surface area contributed by atoms with Gasteiger partial charge in [0.1, 0.15) is 0 Å². The molecule has 1 fully saturated rings. The van der Waals surface area contributed by atoms with Crippen LogP contribution in [0.15, 0.2) is 30.5 Å². The molecule has 2 aromatic rings. The van der Waals surface area contributed by atoms with E-state index in [1.165, 1.54) is 0 Å². The van der Waals surface area contributed by atoms with Crippen molar-refractivity contribution in [3.05, 3.63) is 36.0 Å². The maximum absolute atomic E-state index is 12.3. The Labute approximate surface area is 137 Å². The van der Waals surface area contributed by atoms with E-state index in [0.29, 0.717) is 18.0 Å². The standard InChI is InChI=1S/C18H26N4O/c1-14(13-22-9-7-21(2)8-10-22)12-20-18(23)16-4-3-15-5-6-19-17(15)11-16/h3-6,11,14,19H,7-10,12-13H2,1-2H3,(H,20,23)/t14-/m0/s1. The van der Waals surface area contributed by atoms with Crippen molar-refractivity contribution in [1.29, 1.82) is 0 Å². The van der Waals surface area contributed by atoms with Gasteiger partial charge in [-0.3, -0.25) is 4.79 Å². The van der Waals surface area contributed by atoms with E-state index in [9.17, 15) is 4.79 Å². The lowest BCUT2D eigenvalue weighted by Crippen LogP contribution is -2.46. The molecule has 0 unspecified atom stereocenters. The van der Waals surface area contributed by atoms with E-state index in [-0.39, 0.29) is 5.91 Å². The number of fused-ring (bicyclic) bond motifs is 1. The Morgan fingerprint density at radius 3 is 2.83 bits per heavy atom. The number of benzene rings is 1. The van der Waals surface area contributed by atoms with Gasteiger partial charge in [-0.15, -0.1) is 0 Å². The fourth-order valence-electron chi connectivity index (χ4n) is 3.09. The van der Waals surface area contributed by atoms with Gasteiger partial charge < -0.3 is 20.1 Å². The zero-order valence-corrected chi connectivity index (χ0v) is 14.0. The zero-order chi connectivity index (χ0) is 16.2. The Hall–Kier alpha value is -1.85. The van der Waals surface area contributed by atoms with Crippen LogP contribution in [0.5, 0.6) is 0 Å². The lowest BCUT2D eigenvalue weighted by molar-refractivity contribution is 0.0937. The fourth-order valence-corrected chi connectivity index (χ4v) is 3.09. The van der Waals surface area contributed by atoms with E-state index >= 15 is 0 Å². The van der Waals surface area contributed by atoms with Crippen molar-refractivity contribution in [1.82, 2.24) is 20.1 Å². The molecule has 1 atom stereocenters. The van der Waals surface area contributed by atoms with Gasteiger partial charge in [0.2, 0.25) is 0 Å². The molecule has 0 bridgehead atoms. The van der Waals surface area contributed by atoms with E-state index in [1.54, 1.807) is 0 Å². The topological polar surface area (TPSA) is 51.4 Å². The molecular formula is C18H26N4O. The van der Waals surface area contributed by atoms with Crippen LogP contribution in [0, 0.1) is 5.92 Å². The second-order valence-electron chi connectivity index (χ2n) is 6.70. The van der Waals surface area contributed by atoms with Crippen LogP contribution in [0.3, 0.4) is 0 Å². The largest absolute Gasteiger partial charge is 0.361 e. The molecule has 5 nitrogen and oxygen atoms in total. The van der Waals surface area contributed by atoms with Crippen molar-refractivity contribution >= 4 is 16.8 Å². The van der Waals surface area contributed by atoms with Gasteiger partial charge in [0, 0.05) is 56.5 Å². The summed E-state index contributed by atoms with van der Waals surface area (Å²) in [6.45, 7) is 8.48. The molecule has 1 saturated heterocycles. The van der Waals surface area contributed by atoms with Gasteiger partial charge in [0.25, 0.3) is 5.91 Å². The third kappa shape index (κ3) is 4.12. The summed E-state index contributed by atoms with van der Waals surface area (Å²) in [5, 5.41) is 4.19. The van der Waals surface area contributed by atoms with E-state index < -0.39 is 0 Å². The number of carbonyl (C=O) groups excluding carboxylic acids is 1. The van der Waals surface area contributed by atoms with Crippen molar-refractivity contribution in [3.8, 4) is 0 Å². The summed E-state index contributed by atoms with van der Waals surface area (Å²) in [5.41, 5.74) is 1.72. The van der Waals surface area contributed by atoms with Gasteiger partial charge >= 0.3 is 0 Å². The lowest BCUT2D eigenvalue weighted by atomic mass is 10.1. The smallest absolute Gasteiger partial charge is 0.251 e. The highest BCUT2D eigenvalue weighted by molar-refractivity contribution is 5.97. The lowest BCUT2D eigenvalue weighted by Gasteiger charge is -2.33. The highest BCUT2D eigenvalue weighted by Gasteiger charge is 2.16. The first-order chi connectivity index (χ1) is 11.1. The van der Waals surface area contributed by atoms with Crippen LogP contribution in [-0.2, 0) is 0 Å². The summed E-state index contributed by atoms with van der Waals surface area (Å²) < 4.78 is 0. The number of hydrogen-bond acceptors (Lipinski definition) is 3. The maximum Gasteiger partial charge on any atom is 0.251 e. The number of likely N-dealkylation sites (N-methyl/N-ethyl adjacent to an activating group) is 1. The third-order valence-electron chi connectivity index (χ3n) is 4.59. The van der Waals surface area contributed by atoms with E-state index in [2.05, 4.69) is 34.1 Å².